The van der Waals surface area contributed by atoms with Crippen LogP contribution in [0, 0.1) is 5.82 Å². The zero-order chi connectivity index (χ0) is 36.3. The normalized spacial score (nSPS) is 23.2. The van der Waals surface area contributed by atoms with Crippen molar-refractivity contribution < 1.29 is 28.2 Å². The summed E-state index contributed by atoms with van der Waals surface area (Å²) in [5.74, 6) is 0.568. The Balaban J connectivity index is 1.07. The number of phenolic OH excluding ortho intramolecular Hbond substituents is 1. The number of phenols is 1. The number of aryl methyl sites for hydroxylation is 2. The molecule has 280 valence electrons. The Morgan fingerprint density at radius 2 is 1.91 bits per heavy atom. The van der Waals surface area contributed by atoms with Crippen molar-refractivity contribution in [2.45, 2.75) is 76.8 Å². The summed E-state index contributed by atoms with van der Waals surface area (Å²) in [5, 5.41) is 17.1. The van der Waals surface area contributed by atoms with Gasteiger partial charge < -0.3 is 29.3 Å². The van der Waals surface area contributed by atoms with Crippen molar-refractivity contribution in [3.8, 4) is 11.8 Å². The molecule has 5 aliphatic heterocycles. The summed E-state index contributed by atoms with van der Waals surface area (Å²) >= 11 is 0. The van der Waals surface area contributed by atoms with Crippen LogP contribution < -0.4 is 14.5 Å². The summed E-state index contributed by atoms with van der Waals surface area (Å²) in [6.07, 6.45) is 3.40. The molecule has 12 nitrogen and oxygen atoms in total. The second-order valence-corrected chi connectivity index (χ2v) is 15.2. The first kappa shape index (κ1) is 34.2. The fraction of sp³-hybridized carbons (Fsp3) is 0.538. The fourth-order valence-electron chi connectivity index (χ4n) is 9.32. The highest BCUT2D eigenvalue weighted by Crippen LogP contribution is 2.42. The number of nitrogens with zero attached hydrogens (tertiary/aromatic N) is 8. The molecule has 0 unspecified atom stereocenters. The monoisotopic (exact) mass is 728 g/mol. The number of alkyl halides is 1. The van der Waals surface area contributed by atoms with Gasteiger partial charge in [-0.1, -0.05) is 13.0 Å². The van der Waals surface area contributed by atoms with E-state index in [9.17, 15) is 14.3 Å². The molecule has 3 saturated heterocycles. The highest BCUT2D eigenvalue weighted by molar-refractivity contribution is 5.98. The largest absolute Gasteiger partial charge is 0.508 e. The van der Waals surface area contributed by atoms with Crippen LogP contribution in [0.3, 0.4) is 0 Å². The smallest absolute Gasteiger partial charge is 0.318 e. The van der Waals surface area contributed by atoms with Crippen LogP contribution in [0.25, 0.3) is 10.8 Å². The second-order valence-electron chi connectivity index (χ2n) is 15.2. The predicted octanol–water partition coefficient (Wildman–Crippen LogP) is 4.63. The lowest BCUT2D eigenvalue weighted by Crippen LogP contribution is -2.43. The Bertz CT molecular complexity index is 2050. The summed E-state index contributed by atoms with van der Waals surface area (Å²) in [5.41, 5.74) is 4.23. The van der Waals surface area contributed by atoms with Gasteiger partial charge in [-0.25, -0.2) is 8.78 Å². The molecule has 2 aromatic carbocycles. The maximum Gasteiger partial charge on any atom is 0.318 e. The first-order valence-corrected chi connectivity index (χ1v) is 19.1. The fourth-order valence-corrected chi connectivity index (χ4v) is 9.32. The van der Waals surface area contributed by atoms with Crippen molar-refractivity contribution in [3.05, 3.63) is 64.4 Å². The standard InChI is InChI=1S/C39H46F2N8O4/c1-2-29-31(41)6-5-25-17-28(50)19-34(35(25)29)46-12-7-30-33(23-46)42-38(53-24-39-8-3-10-48(39)21-26(40)20-39)43-36(30)47-9-4-11-49-27(22-47)18-32(44-49)37(51)45-13-15-52-16-14-45/h5-6,17-19,26,50H,2-4,7-16,20-24H2,1H3/t26-,39-/m1/s1. The molecule has 1 N–H and O–H groups in total. The van der Waals surface area contributed by atoms with Crippen LogP contribution in [-0.4, -0.2) is 111 Å². The number of halogens is 2. The predicted molar refractivity (Wildman–Crippen MR) is 195 cm³/mol. The van der Waals surface area contributed by atoms with Crippen molar-refractivity contribution in [3.63, 3.8) is 0 Å². The molecule has 0 aliphatic carbocycles. The molecule has 7 heterocycles. The number of morpholine rings is 1. The van der Waals surface area contributed by atoms with E-state index in [1.54, 1.807) is 23.1 Å². The Labute approximate surface area is 307 Å². The number of carbonyl (C=O) groups is 1. The first-order chi connectivity index (χ1) is 25.8. The Morgan fingerprint density at radius 3 is 2.75 bits per heavy atom. The van der Waals surface area contributed by atoms with Crippen LogP contribution in [0.5, 0.6) is 11.8 Å². The van der Waals surface area contributed by atoms with E-state index in [-0.39, 0.29) is 29.0 Å². The molecule has 14 heteroatoms. The molecule has 2 atom stereocenters. The molecular formula is C39H46F2N8O4. The van der Waals surface area contributed by atoms with Gasteiger partial charge in [-0.05, 0) is 67.8 Å². The lowest BCUT2D eigenvalue weighted by molar-refractivity contribution is 0.0298. The van der Waals surface area contributed by atoms with Crippen molar-refractivity contribution in [2.24, 2.45) is 0 Å². The van der Waals surface area contributed by atoms with Gasteiger partial charge in [-0.15, -0.1) is 0 Å². The molecule has 0 radical (unpaired) electrons. The second kappa shape index (κ2) is 13.7. The van der Waals surface area contributed by atoms with Gasteiger partial charge in [0.2, 0.25) is 0 Å². The molecule has 3 fully saturated rings. The topological polar surface area (TPSA) is 112 Å². The number of rotatable bonds is 7. The van der Waals surface area contributed by atoms with E-state index in [4.69, 9.17) is 24.5 Å². The number of aromatic nitrogens is 4. The number of fused-ring (bicyclic) bond motifs is 4. The Hall–Kier alpha value is -4.56. The number of ether oxygens (including phenoxy) is 2. The minimum Gasteiger partial charge on any atom is -0.508 e. The van der Waals surface area contributed by atoms with Crippen LogP contribution in [-0.2, 0) is 37.2 Å². The van der Waals surface area contributed by atoms with E-state index < -0.39 is 6.17 Å². The van der Waals surface area contributed by atoms with E-state index in [1.807, 2.05) is 17.7 Å². The Morgan fingerprint density at radius 1 is 1.04 bits per heavy atom. The minimum absolute atomic E-state index is 0.0797. The number of aromatic hydroxyl groups is 1. The average molecular weight is 729 g/mol. The Kier molecular flexibility index (Phi) is 8.84. The van der Waals surface area contributed by atoms with E-state index in [1.165, 1.54) is 6.07 Å². The van der Waals surface area contributed by atoms with Gasteiger partial charge in [-0.2, -0.15) is 15.1 Å². The molecule has 9 rings (SSSR count). The maximum absolute atomic E-state index is 15.1. The van der Waals surface area contributed by atoms with Crippen molar-refractivity contribution in [1.29, 1.82) is 0 Å². The van der Waals surface area contributed by atoms with Gasteiger partial charge >= 0.3 is 6.01 Å². The van der Waals surface area contributed by atoms with Gasteiger partial charge in [0.1, 0.15) is 30.2 Å². The van der Waals surface area contributed by atoms with E-state index >= 15 is 4.39 Å². The van der Waals surface area contributed by atoms with Crippen LogP contribution in [0.2, 0.25) is 0 Å². The number of benzene rings is 2. The third-order valence-electron chi connectivity index (χ3n) is 11.9. The third-order valence-corrected chi connectivity index (χ3v) is 11.9. The first-order valence-electron chi connectivity index (χ1n) is 19.1. The number of carbonyl (C=O) groups excluding carboxylic acids is 1. The highest BCUT2D eigenvalue weighted by atomic mass is 19.1. The van der Waals surface area contributed by atoms with Gasteiger partial charge in [0.25, 0.3) is 5.91 Å². The van der Waals surface area contributed by atoms with E-state index in [0.717, 1.165) is 71.6 Å². The molecule has 2 aromatic heterocycles. The summed E-state index contributed by atoms with van der Waals surface area (Å²) in [6, 6.07) is 8.75. The molecule has 0 saturated carbocycles. The molecule has 0 spiro atoms. The highest BCUT2D eigenvalue weighted by Gasteiger charge is 2.49. The number of amides is 1. The third kappa shape index (κ3) is 6.23. The summed E-state index contributed by atoms with van der Waals surface area (Å²) in [4.78, 5) is 31.9. The zero-order valence-electron chi connectivity index (χ0n) is 30.2. The van der Waals surface area contributed by atoms with Crippen LogP contribution in [0.1, 0.15) is 65.6 Å². The summed E-state index contributed by atoms with van der Waals surface area (Å²) < 4.78 is 43.7. The summed E-state index contributed by atoms with van der Waals surface area (Å²) in [6.45, 7) is 8.65. The lowest BCUT2D eigenvalue weighted by Gasteiger charge is -2.35. The molecule has 4 aromatic rings. The number of hydrogen-bond donors (Lipinski definition) is 1. The minimum atomic E-state index is -0.871. The SMILES string of the molecule is CCc1c(F)ccc2cc(O)cc(N3CCc4c(nc(OC[C@]56CCCN5C[C@H](F)C6)nc4N4CCCn5nc(C(=O)N6CCOCC6)cc5C4)C3)c12. The molecule has 5 aliphatic rings. The quantitative estimate of drug-likeness (QED) is 0.289. The van der Waals surface area contributed by atoms with Crippen molar-refractivity contribution in [2.75, 3.05) is 68.9 Å². The number of hydrogen-bond acceptors (Lipinski definition) is 10. The van der Waals surface area contributed by atoms with E-state index in [0.29, 0.717) is 96.2 Å². The average Bonchev–Trinajstić information content (AvgIpc) is 3.80. The number of anilines is 2. The van der Waals surface area contributed by atoms with Crippen LogP contribution >= 0.6 is 0 Å². The van der Waals surface area contributed by atoms with Crippen LogP contribution in [0.15, 0.2) is 30.3 Å². The van der Waals surface area contributed by atoms with Gasteiger partial charge in [0.15, 0.2) is 5.69 Å². The molecular weight excluding hydrogens is 682 g/mol. The zero-order valence-corrected chi connectivity index (χ0v) is 30.2. The lowest BCUT2D eigenvalue weighted by atomic mass is 9.95. The molecule has 1 amide bonds. The van der Waals surface area contributed by atoms with Crippen LogP contribution in [0.4, 0.5) is 20.3 Å². The van der Waals surface area contributed by atoms with Gasteiger partial charge in [-0.3, -0.25) is 14.4 Å². The van der Waals surface area contributed by atoms with Crippen molar-refractivity contribution >= 4 is 28.2 Å². The maximum atomic E-state index is 15.1. The van der Waals surface area contributed by atoms with Gasteiger partial charge in [0, 0.05) is 68.4 Å². The molecule has 53 heavy (non-hydrogen) atoms. The summed E-state index contributed by atoms with van der Waals surface area (Å²) in [7, 11) is 0. The van der Waals surface area contributed by atoms with E-state index in [2.05, 4.69) is 14.7 Å². The molecule has 0 bridgehead atoms. The van der Waals surface area contributed by atoms with Crippen molar-refractivity contribution in [1.82, 2.24) is 29.5 Å². The van der Waals surface area contributed by atoms with Gasteiger partial charge in [0.05, 0.1) is 43.2 Å².